The number of aryl methyl sites for hydroxylation is 1. The SMILES string of the molecule is O=C(O)CCc1cnn(-c2cccc(Cl)c2)c1Cl. The third kappa shape index (κ3) is 2.83. The smallest absolute Gasteiger partial charge is 0.303 e. The minimum Gasteiger partial charge on any atom is -0.481 e. The van der Waals surface area contributed by atoms with Crippen molar-refractivity contribution in [2.75, 3.05) is 0 Å². The molecule has 6 heteroatoms. The van der Waals surface area contributed by atoms with Crippen LogP contribution in [0.2, 0.25) is 10.2 Å². The maximum Gasteiger partial charge on any atom is 0.303 e. The van der Waals surface area contributed by atoms with E-state index in [1.807, 2.05) is 6.07 Å². The monoisotopic (exact) mass is 284 g/mol. The van der Waals surface area contributed by atoms with Crippen LogP contribution in [0.5, 0.6) is 0 Å². The fraction of sp³-hybridized carbons (Fsp3) is 0.167. The van der Waals surface area contributed by atoms with Gasteiger partial charge >= 0.3 is 5.97 Å². The highest BCUT2D eigenvalue weighted by Gasteiger charge is 2.11. The summed E-state index contributed by atoms with van der Waals surface area (Å²) in [6, 6.07) is 7.12. The fourth-order valence-corrected chi connectivity index (χ4v) is 2.03. The largest absolute Gasteiger partial charge is 0.481 e. The van der Waals surface area contributed by atoms with Gasteiger partial charge in [0.2, 0.25) is 0 Å². The molecule has 0 aliphatic heterocycles. The number of carboxylic acids is 1. The second-order valence-electron chi connectivity index (χ2n) is 3.75. The number of carboxylic acid groups (broad SMARTS) is 1. The number of carbonyl (C=O) groups is 1. The summed E-state index contributed by atoms with van der Waals surface area (Å²) in [5.41, 5.74) is 1.45. The van der Waals surface area contributed by atoms with Crippen LogP contribution in [0.4, 0.5) is 0 Å². The minimum atomic E-state index is -0.860. The summed E-state index contributed by atoms with van der Waals surface area (Å²) < 4.78 is 1.53. The summed E-state index contributed by atoms with van der Waals surface area (Å²) in [6.45, 7) is 0. The zero-order chi connectivity index (χ0) is 13.1. The van der Waals surface area contributed by atoms with E-state index in [0.717, 1.165) is 5.69 Å². The van der Waals surface area contributed by atoms with Gasteiger partial charge in [0.25, 0.3) is 0 Å². The Morgan fingerprint density at radius 1 is 1.39 bits per heavy atom. The Labute approximate surface area is 114 Å². The Bertz CT molecular complexity index is 581. The van der Waals surface area contributed by atoms with E-state index in [2.05, 4.69) is 5.10 Å². The Hall–Kier alpha value is -1.52. The van der Waals surface area contributed by atoms with E-state index in [9.17, 15) is 4.79 Å². The highest BCUT2D eigenvalue weighted by atomic mass is 35.5. The first-order valence-corrected chi connectivity index (χ1v) is 6.03. The molecule has 94 valence electrons. The molecule has 0 amide bonds. The Morgan fingerprint density at radius 2 is 2.17 bits per heavy atom. The van der Waals surface area contributed by atoms with Gasteiger partial charge in [-0.15, -0.1) is 0 Å². The summed E-state index contributed by atoms with van der Waals surface area (Å²) in [6.07, 6.45) is 1.96. The van der Waals surface area contributed by atoms with Gasteiger partial charge in [-0.05, 0) is 24.6 Å². The number of hydrogen-bond donors (Lipinski definition) is 1. The summed E-state index contributed by atoms with van der Waals surface area (Å²) in [4.78, 5) is 10.5. The Kier molecular flexibility index (Phi) is 3.89. The molecule has 2 rings (SSSR count). The van der Waals surface area contributed by atoms with Gasteiger partial charge in [-0.1, -0.05) is 29.3 Å². The van der Waals surface area contributed by atoms with E-state index in [1.54, 1.807) is 24.4 Å². The average Bonchev–Trinajstić information content (AvgIpc) is 2.68. The minimum absolute atomic E-state index is 0.0287. The Morgan fingerprint density at radius 3 is 2.83 bits per heavy atom. The zero-order valence-corrected chi connectivity index (χ0v) is 10.8. The standard InChI is InChI=1S/C12H10Cl2N2O2/c13-9-2-1-3-10(6-9)16-12(14)8(7-15-16)4-5-11(17)18/h1-3,6-7H,4-5H2,(H,17,18). The number of nitrogens with zero attached hydrogens (tertiary/aromatic N) is 2. The van der Waals surface area contributed by atoms with Crippen molar-refractivity contribution in [3.8, 4) is 5.69 Å². The van der Waals surface area contributed by atoms with Crippen molar-refractivity contribution in [1.29, 1.82) is 0 Å². The predicted molar refractivity (Wildman–Crippen MR) is 69.5 cm³/mol. The van der Waals surface area contributed by atoms with E-state index >= 15 is 0 Å². The van der Waals surface area contributed by atoms with Crippen LogP contribution >= 0.6 is 23.2 Å². The van der Waals surface area contributed by atoms with Crippen molar-refractivity contribution in [3.63, 3.8) is 0 Å². The quantitative estimate of drug-likeness (QED) is 0.938. The molecular weight excluding hydrogens is 275 g/mol. The van der Waals surface area contributed by atoms with Crippen LogP contribution in [0.25, 0.3) is 5.69 Å². The van der Waals surface area contributed by atoms with Crippen LogP contribution in [-0.2, 0) is 11.2 Å². The third-order valence-electron chi connectivity index (χ3n) is 2.44. The van der Waals surface area contributed by atoms with Crippen molar-refractivity contribution >= 4 is 29.2 Å². The lowest BCUT2D eigenvalue weighted by atomic mass is 10.2. The molecule has 1 aromatic heterocycles. The van der Waals surface area contributed by atoms with Crippen LogP contribution in [0.1, 0.15) is 12.0 Å². The van der Waals surface area contributed by atoms with Crippen LogP contribution in [0.15, 0.2) is 30.5 Å². The lowest BCUT2D eigenvalue weighted by Crippen LogP contribution is -1.98. The molecule has 0 spiro atoms. The molecule has 0 aliphatic carbocycles. The summed E-state index contributed by atoms with van der Waals surface area (Å²) in [5, 5.41) is 13.8. The maximum atomic E-state index is 10.5. The molecule has 4 nitrogen and oxygen atoms in total. The van der Waals surface area contributed by atoms with Gasteiger partial charge in [0.05, 0.1) is 11.9 Å². The third-order valence-corrected chi connectivity index (χ3v) is 3.08. The molecule has 18 heavy (non-hydrogen) atoms. The number of benzene rings is 1. The number of rotatable bonds is 4. The van der Waals surface area contributed by atoms with Gasteiger partial charge in [0, 0.05) is 17.0 Å². The second kappa shape index (κ2) is 5.42. The average molecular weight is 285 g/mol. The first kappa shape index (κ1) is 12.9. The van der Waals surface area contributed by atoms with E-state index < -0.39 is 5.97 Å². The molecule has 0 bridgehead atoms. The summed E-state index contributed by atoms with van der Waals surface area (Å²) >= 11 is 12.1. The van der Waals surface area contributed by atoms with Crippen LogP contribution in [0.3, 0.4) is 0 Å². The predicted octanol–water partition coefficient (Wildman–Crippen LogP) is 3.20. The normalized spacial score (nSPS) is 10.6. The molecular formula is C12H10Cl2N2O2. The van der Waals surface area contributed by atoms with Crippen LogP contribution in [-0.4, -0.2) is 20.9 Å². The van der Waals surface area contributed by atoms with Gasteiger partial charge < -0.3 is 5.11 Å². The summed E-state index contributed by atoms with van der Waals surface area (Å²) in [7, 11) is 0. The molecule has 0 fully saturated rings. The number of hydrogen-bond acceptors (Lipinski definition) is 2. The molecule has 1 heterocycles. The van der Waals surface area contributed by atoms with Crippen molar-refractivity contribution in [2.45, 2.75) is 12.8 Å². The highest BCUT2D eigenvalue weighted by Crippen LogP contribution is 2.23. The molecule has 0 atom stereocenters. The van der Waals surface area contributed by atoms with Gasteiger partial charge in [0.15, 0.2) is 0 Å². The lowest BCUT2D eigenvalue weighted by Gasteiger charge is -2.04. The topological polar surface area (TPSA) is 55.1 Å². The van der Waals surface area contributed by atoms with Gasteiger partial charge in [-0.2, -0.15) is 5.10 Å². The fourth-order valence-electron chi connectivity index (χ4n) is 1.56. The van der Waals surface area contributed by atoms with Crippen molar-refractivity contribution in [3.05, 3.63) is 46.2 Å². The Balaban J connectivity index is 2.28. The first-order valence-electron chi connectivity index (χ1n) is 5.28. The lowest BCUT2D eigenvalue weighted by molar-refractivity contribution is -0.136. The summed E-state index contributed by atoms with van der Waals surface area (Å²) in [5.74, 6) is -0.860. The molecule has 2 aromatic rings. The van der Waals surface area contributed by atoms with Crippen LogP contribution < -0.4 is 0 Å². The van der Waals surface area contributed by atoms with Crippen molar-refractivity contribution in [1.82, 2.24) is 9.78 Å². The molecule has 0 unspecified atom stereocenters. The molecule has 0 aliphatic rings. The maximum absolute atomic E-state index is 10.5. The molecule has 1 aromatic carbocycles. The number of aromatic nitrogens is 2. The molecule has 0 saturated carbocycles. The van der Waals surface area contributed by atoms with Crippen molar-refractivity contribution in [2.24, 2.45) is 0 Å². The van der Waals surface area contributed by atoms with E-state index in [4.69, 9.17) is 28.3 Å². The van der Waals surface area contributed by atoms with E-state index in [1.165, 1.54) is 4.68 Å². The highest BCUT2D eigenvalue weighted by molar-refractivity contribution is 6.31. The number of halogens is 2. The zero-order valence-electron chi connectivity index (χ0n) is 9.31. The van der Waals surface area contributed by atoms with Crippen molar-refractivity contribution < 1.29 is 9.90 Å². The number of aliphatic carboxylic acids is 1. The van der Waals surface area contributed by atoms with Gasteiger partial charge in [-0.25, -0.2) is 4.68 Å². The van der Waals surface area contributed by atoms with Gasteiger partial charge in [0.1, 0.15) is 5.15 Å². The first-order chi connectivity index (χ1) is 8.58. The van der Waals surface area contributed by atoms with E-state index in [-0.39, 0.29) is 6.42 Å². The second-order valence-corrected chi connectivity index (χ2v) is 4.54. The molecule has 1 N–H and O–H groups in total. The molecule has 0 saturated heterocycles. The van der Waals surface area contributed by atoms with Gasteiger partial charge in [-0.3, -0.25) is 4.79 Å². The van der Waals surface area contributed by atoms with E-state index in [0.29, 0.717) is 22.2 Å². The van der Waals surface area contributed by atoms with Crippen LogP contribution in [0, 0.1) is 0 Å². The molecule has 0 radical (unpaired) electrons.